The molecule has 1 N–H and O–H groups in total. The zero-order valence-corrected chi connectivity index (χ0v) is 11.5. The number of hydrogen-bond acceptors (Lipinski definition) is 3. The molecule has 3 aromatic rings. The van der Waals surface area contributed by atoms with E-state index in [-0.39, 0.29) is 0 Å². The number of aromatic nitrogens is 3. The summed E-state index contributed by atoms with van der Waals surface area (Å²) in [5.74, 6) is -0.469. The average Bonchev–Trinajstić information content (AvgIpc) is 2.79. The molecule has 6 heteroatoms. The number of aryl methyl sites for hydroxylation is 1. The van der Waals surface area contributed by atoms with E-state index in [0.29, 0.717) is 22.6 Å². The van der Waals surface area contributed by atoms with E-state index in [1.165, 1.54) is 0 Å². The normalized spacial score (nSPS) is 11.2. The molecule has 20 heavy (non-hydrogen) atoms. The van der Waals surface area contributed by atoms with Gasteiger partial charge in [-0.2, -0.15) is 0 Å². The van der Waals surface area contributed by atoms with Crippen LogP contribution in [0.2, 0.25) is 0 Å². The van der Waals surface area contributed by atoms with Crippen molar-refractivity contribution < 1.29 is 8.78 Å². The van der Waals surface area contributed by atoms with Gasteiger partial charge in [-0.1, -0.05) is 0 Å². The van der Waals surface area contributed by atoms with Crippen molar-refractivity contribution >= 4 is 22.8 Å². The Morgan fingerprint density at radius 3 is 2.80 bits per heavy atom. The van der Waals surface area contributed by atoms with Crippen molar-refractivity contribution in [3.05, 3.63) is 53.6 Å². The monoisotopic (exact) mass is 291 g/mol. The summed E-state index contributed by atoms with van der Waals surface area (Å²) in [4.78, 5) is 12.5. The number of nitrogens with one attached hydrogen (secondary N) is 1. The van der Waals surface area contributed by atoms with Gasteiger partial charge in [0.2, 0.25) is 0 Å². The fourth-order valence-corrected chi connectivity index (χ4v) is 2.74. The van der Waals surface area contributed by atoms with Gasteiger partial charge in [-0.3, -0.25) is 4.98 Å². The lowest BCUT2D eigenvalue weighted by molar-refractivity contribution is 0.510. The molecule has 0 aliphatic heterocycles. The second-order valence-electron chi connectivity index (χ2n) is 4.39. The molecule has 0 unspecified atom stereocenters. The summed E-state index contributed by atoms with van der Waals surface area (Å²) >= 11 is 1.59. The molecule has 2 aromatic heterocycles. The third-order valence-corrected chi connectivity index (χ3v) is 3.82. The summed E-state index contributed by atoms with van der Waals surface area (Å²) in [6, 6.07) is 6.13. The Kier molecular flexibility index (Phi) is 3.40. The highest BCUT2D eigenvalue weighted by Crippen LogP contribution is 2.23. The van der Waals surface area contributed by atoms with Crippen molar-refractivity contribution in [2.75, 3.05) is 0 Å². The maximum Gasteiger partial charge on any atom is 0.161 e. The molecule has 0 amide bonds. The van der Waals surface area contributed by atoms with Crippen LogP contribution in [0.25, 0.3) is 11.0 Å². The van der Waals surface area contributed by atoms with E-state index < -0.39 is 11.6 Å². The summed E-state index contributed by atoms with van der Waals surface area (Å²) < 4.78 is 26.2. The lowest BCUT2D eigenvalue weighted by Gasteiger charge is -1.99. The molecule has 3 rings (SSSR count). The SMILES string of the molecule is Cc1cc(SCc2nc3cc(F)c(F)cc3[nH]2)ccn1. The van der Waals surface area contributed by atoms with Crippen LogP contribution < -0.4 is 0 Å². The van der Waals surface area contributed by atoms with E-state index in [2.05, 4.69) is 15.0 Å². The number of thioether (sulfide) groups is 1. The van der Waals surface area contributed by atoms with E-state index in [4.69, 9.17) is 0 Å². The molecule has 0 aliphatic rings. The van der Waals surface area contributed by atoms with Crippen LogP contribution in [0.15, 0.2) is 35.4 Å². The number of rotatable bonds is 3. The number of fused-ring (bicyclic) bond motifs is 1. The standard InChI is InChI=1S/C14H11F2N3S/c1-8-4-9(2-3-17-8)20-7-14-18-12-5-10(15)11(16)6-13(12)19-14/h2-6H,7H2,1H3,(H,18,19). The van der Waals surface area contributed by atoms with Gasteiger partial charge in [-0.25, -0.2) is 13.8 Å². The molecule has 0 fully saturated rings. The Morgan fingerprint density at radius 1 is 1.20 bits per heavy atom. The smallest absolute Gasteiger partial charge is 0.161 e. The highest BCUT2D eigenvalue weighted by atomic mass is 32.2. The molecule has 0 spiro atoms. The Balaban J connectivity index is 1.81. The number of H-pyrrole nitrogens is 1. The van der Waals surface area contributed by atoms with E-state index in [1.54, 1.807) is 18.0 Å². The Labute approximate surface area is 118 Å². The highest BCUT2D eigenvalue weighted by Gasteiger charge is 2.09. The molecule has 0 aliphatic carbocycles. The lowest BCUT2D eigenvalue weighted by Crippen LogP contribution is -1.85. The minimum Gasteiger partial charge on any atom is -0.341 e. The first-order chi connectivity index (χ1) is 9.61. The number of nitrogens with zero attached hydrogens (tertiary/aromatic N) is 2. The molecule has 102 valence electrons. The average molecular weight is 291 g/mol. The predicted molar refractivity (Wildman–Crippen MR) is 74.5 cm³/mol. The number of benzene rings is 1. The largest absolute Gasteiger partial charge is 0.341 e. The highest BCUT2D eigenvalue weighted by molar-refractivity contribution is 7.98. The van der Waals surface area contributed by atoms with Gasteiger partial charge in [0.05, 0.1) is 16.8 Å². The number of imidazole rings is 1. The van der Waals surface area contributed by atoms with Gasteiger partial charge in [-0.05, 0) is 19.1 Å². The van der Waals surface area contributed by atoms with Crippen LogP contribution in [-0.4, -0.2) is 15.0 Å². The molecule has 0 radical (unpaired) electrons. The van der Waals surface area contributed by atoms with Crippen molar-refractivity contribution in [2.24, 2.45) is 0 Å². The van der Waals surface area contributed by atoms with Crippen LogP contribution in [0.4, 0.5) is 8.78 Å². The molecule has 0 saturated heterocycles. The number of pyridine rings is 1. The zero-order valence-electron chi connectivity index (χ0n) is 10.7. The summed E-state index contributed by atoms with van der Waals surface area (Å²) in [7, 11) is 0. The molecule has 2 heterocycles. The number of halogens is 2. The van der Waals surface area contributed by atoms with Gasteiger partial charge in [-0.15, -0.1) is 11.8 Å². The van der Waals surface area contributed by atoms with Gasteiger partial charge in [0.25, 0.3) is 0 Å². The maximum absolute atomic E-state index is 13.1. The predicted octanol–water partition coefficient (Wildman–Crippen LogP) is 3.84. The first-order valence-electron chi connectivity index (χ1n) is 6.01. The maximum atomic E-state index is 13.1. The van der Waals surface area contributed by atoms with Crippen molar-refractivity contribution in [2.45, 2.75) is 17.6 Å². The minimum absolute atomic E-state index is 0.436. The molecule has 3 nitrogen and oxygen atoms in total. The Hall–Kier alpha value is -1.95. The fourth-order valence-electron chi connectivity index (χ4n) is 1.89. The van der Waals surface area contributed by atoms with Crippen LogP contribution in [0, 0.1) is 18.6 Å². The molecule has 0 atom stereocenters. The summed E-state index contributed by atoms with van der Waals surface area (Å²) in [5.41, 5.74) is 1.89. The van der Waals surface area contributed by atoms with Crippen LogP contribution in [-0.2, 0) is 5.75 Å². The van der Waals surface area contributed by atoms with E-state index in [0.717, 1.165) is 22.7 Å². The minimum atomic E-state index is -0.882. The Bertz CT molecular complexity index is 731. The summed E-state index contributed by atoms with van der Waals surface area (Å²) in [5, 5.41) is 0. The quantitative estimate of drug-likeness (QED) is 0.745. The van der Waals surface area contributed by atoms with E-state index in [1.807, 2.05) is 19.1 Å². The second kappa shape index (κ2) is 5.20. The van der Waals surface area contributed by atoms with Gasteiger partial charge < -0.3 is 4.98 Å². The lowest BCUT2D eigenvalue weighted by atomic mass is 10.3. The molecular formula is C14H11F2N3S. The molecule has 0 saturated carbocycles. The Morgan fingerprint density at radius 2 is 2.00 bits per heavy atom. The number of hydrogen-bond donors (Lipinski definition) is 1. The van der Waals surface area contributed by atoms with Crippen LogP contribution in [0.1, 0.15) is 11.5 Å². The van der Waals surface area contributed by atoms with E-state index >= 15 is 0 Å². The van der Waals surface area contributed by atoms with Crippen molar-refractivity contribution in [3.8, 4) is 0 Å². The van der Waals surface area contributed by atoms with Crippen LogP contribution in [0.3, 0.4) is 0 Å². The van der Waals surface area contributed by atoms with E-state index in [9.17, 15) is 8.78 Å². The third-order valence-electron chi connectivity index (χ3n) is 2.82. The van der Waals surface area contributed by atoms with Crippen LogP contribution >= 0.6 is 11.8 Å². The first kappa shape index (κ1) is 13.1. The molecular weight excluding hydrogens is 280 g/mol. The first-order valence-corrected chi connectivity index (χ1v) is 6.99. The molecule has 0 bridgehead atoms. The van der Waals surface area contributed by atoms with Gasteiger partial charge in [0.1, 0.15) is 5.82 Å². The van der Waals surface area contributed by atoms with Crippen LogP contribution in [0.5, 0.6) is 0 Å². The van der Waals surface area contributed by atoms with Gasteiger partial charge in [0, 0.05) is 28.9 Å². The second-order valence-corrected chi connectivity index (χ2v) is 5.44. The van der Waals surface area contributed by atoms with Gasteiger partial charge >= 0.3 is 0 Å². The summed E-state index contributed by atoms with van der Waals surface area (Å²) in [6.45, 7) is 1.93. The summed E-state index contributed by atoms with van der Waals surface area (Å²) in [6.07, 6.45) is 1.75. The molecule has 1 aromatic carbocycles. The third kappa shape index (κ3) is 2.65. The topological polar surface area (TPSA) is 41.6 Å². The van der Waals surface area contributed by atoms with Crippen molar-refractivity contribution in [1.29, 1.82) is 0 Å². The zero-order chi connectivity index (χ0) is 14.1. The number of aromatic amines is 1. The van der Waals surface area contributed by atoms with Crippen molar-refractivity contribution in [1.82, 2.24) is 15.0 Å². The van der Waals surface area contributed by atoms with Gasteiger partial charge in [0.15, 0.2) is 11.6 Å². The van der Waals surface area contributed by atoms with Crippen molar-refractivity contribution in [3.63, 3.8) is 0 Å². The fraction of sp³-hybridized carbons (Fsp3) is 0.143.